The van der Waals surface area contributed by atoms with E-state index in [2.05, 4.69) is 37.9 Å². The zero-order chi connectivity index (χ0) is 31.4. The summed E-state index contributed by atoms with van der Waals surface area (Å²) >= 11 is 0. The summed E-state index contributed by atoms with van der Waals surface area (Å²) in [5.41, 5.74) is 3.60. The fourth-order valence-corrected chi connectivity index (χ4v) is 9.64. The maximum absolute atomic E-state index is 8.49. The van der Waals surface area contributed by atoms with Gasteiger partial charge in [-0.2, -0.15) is 0 Å². The Labute approximate surface area is 234 Å². The molecule has 6 rings (SSSR count). The molecule has 0 radical (unpaired) electrons. The summed E-state index contributed by atoms with van der Waals surface area (Å²) in [7, 11) is -1.89. The number of nitrogens with zero attached hydrogens (tertiary/aromatic N) is 1. The molecular formula is C35H35NOSi. The Hall–Kier alpha value is -3.69. The van der Waals surface area contributed by atoms with Crippen LogP contribution in [-0.2, 0) is 0 Å². The average Bonchev–Trinajstić information content (AvgIpc) is 3.40. The Bertz CT molecular complexity index is 2010. The monoisotopic (exact) mass is 519 g/mol. The molecule has 0 aliphatic rings. The first kappa shape index (κ1) is 18.5. The van der Waals surface area contributed by atoms with Crippen LogP contribution in [0.1, 0.15) is 40.1 Å². The van der Waals surface area contributed by atoms with Gasteiger partial charge in [0, 0.05) is 36.1 Å². The highest BCUT2D eigenvalue weighted by Gasteiger charge is 2.29. The van der Waals surface area contributed by atoms with E-state index >= 15 is 0 Å². The van der Waals surface area contributed by atoms with Gasteiger partial charge in [-0.25, -0.2) is 0 Å². The standard InChI is InChI=1S/C35H35NOSi/c1-6-38(7-2,8-3)26-17-19-27(23(4)20-26)32-21-33(36-22-24(32)5)31-15-11-14-29-30-18-16-25-12-9-10-13-28(25)34(30)37-35(29)31/h9-22H,6-8H2,1-5H3/i4D3,5D3. The third-order valence-corrected chi connectivity index (χ3v) is 14.1. The highest BCUT2D eigenvalue weighted by molar-refractivity contribution is 6.91. The Balaban J connectivity index is 1.61. The maximum atomic E-state index is 8.49. The van der Waals surface area contributed by atoms with Crippen molar-refractivity contribution in [1.82, 2.24) is 4.98 Å². The van der Waals surface area contributed by atoms with E-state index in [1.165, 1.54) is 6.20 Å². The van der Waals surface area contributed by atoms with Crippen molar-refractivity contribution in [2.75, 3.05) is 0 Å². The maximum Gasteiger partial charge on any atom is 0.144 e. The molecular weight excluding hydrogens is 478 g/mol. The van der Waals surface area contributed by atoms with Crippen LogP contribution in [-0.4, -0.2) is 13.1 Å². The van der Waals surface area contributed by atoms with Crippen LogP contribution in [0.2, 0.25) is 18.1 Å². The fourth-order valence-electron chi connectivity index (χ4n) is 6.02. The Morgan fingerprint density at radius 1 is 0.684 bits per heavy atom. The first-order valence-electron chi connectivity index (χ1n) is 16.4. The molecule has 2 aromatic heterocycles. The van der Waals surface area contributed by atoms with Crippen LogP contribution in [0, 0.1) is 13.7 Å². The minimum atomic E-state index is -2.50. The number of benzene rings is 4. The molecule has 0 aliphatic carbocycles. The van der Waals surface area contributed by atoms with Crippen molar-refractivity contribution in [3.8, 4) is 22.4 Å². The molecule has 4 aromatic carbocycles. The predicted molar refractivity (Wildman–Crippen MR) is 166 cm³/mol. The topological polar surface area (TPSA) is 26.0 Å². The molecule has 0 saturated heterocycles. The van der Waals surface area contributed by atoms with Crippen molar-refractivity contribution in [3.05, 3.63) is 96.2 Å². The van der Waals surface area contributed by atoms with E-state index in [-0.39, 0.29) is 11.1 Å². The number of furan rings is 1. The zero-order valence-electron chi connectivity index (χ0n) is 28.1. The first-order chi connectivity index (χ1) is 20.9. The smallest absolute Gasteiger partial charge is 0.144 e. The fraction of sp³-hybridized carbons (Fsp3) is 0.229. The van der Waals surface area contributed by atoms with Gasteiger partial charge in [-0.1, -0.05) is 105 Å². The average molecular weight is 520 g/mol. The minimum Gasteiger partial charge on any atom is -0.455 e. The molecule has 6 aromatic rings. The number of hydrogen-bond acceptors (Lipinski definition) is 2. The number of hydrogen-bond donors (Lipinski definition) is 0. The van der Waals surface area contributed by atoms with Gasteiger partial charge in [0.25, 0.3) is 0 Å². The molecule has 0 spiro atoms. The second-order valence-electron chi connectivity index (χ2n) is 10.2. The van der Waals surface area contributed by atoms with Crippen LogP contribution >= 0.6 is 0 Å². The van der Waals surface area contributed by atoms with Gasteiger partial charge < -0.3 is 4.42 Å². The summed E-state index contributed by atoms with van der Waals surface area (Å²) in [5, 5.41) is 5.09. The molecule has 0 bridgehead atoms. The molecule has 0 N–H and O–H groups in total. The predicted octanol–water partition coefficient (Wildman–Crippen LogP) is 9.80. The Morgan fingerprint density at radius 2 is 1.45 bits per heavy atom. The third kappa shape index (κ3) is 3.80. The number of pyridine rings is 1. The van der Waals surface area contributed by atoms with Gasteiger partial charge in [-0.15, -0.1) is 0 Å². The number of aromatic nitrogens is 1. The number of para-hydroxylation sites is 1. The van der Waals surface area contributed by atoms with Crippen molar-refractivity contribution >= 4 is 46.0 Å². The van der Waals surface area contributed by atoms with Crippen LogP contribution in [0.5, 0.6) is 0 Å². The number of rotatable bonds is 6. The molecule has 0 unspecified atom stereocenters. The molecule has 0 atom stereocenters. The highest BCUT2D eigenvalue weighted by Crippen LogP contribution is 2.39. The summed E-state index contributed by atoms with van der Waals surface area (Å²) in [6.07, 6.45) is 1.37. The van der Waals surface area contributed by atoms with Crippen LogP contribution in [0.4, 0.5) is 0 Å². The zero-order valence-corrected chi connectivity index (χ0v) is 23.1. The van der Waals surface area contributed by atoms with Crippen LogP contribution < -0.4 is 5.19 Å². The summed E-state index contributed by atoms with van der Waals surface area (Å²) in [5.74, 6) is 0. The summed E-state index contributed by atoms with van der Waals surface area (Å²) in [6.45, 7) is 1.63. The lowest BCUT2D eigenvalue weighted by atomic mass is 9.95. The quantitative estimate of drug-likeness (QED) is 0.205. The van der Waals surface area contributed by atoms with Gasteiger partial charge in [0.2, 0.25) is 0 Å². The molecule has 38 heavy (non-hydrogen) atoms. The van der Waals surface area contributed by atoms with E-state index in [1.54, 1.807) is 6.07 Å². The van der Waals surface area contributed by atoms with Crippen molar-refractivity contribution in [1.29, 1.82) is 0 Å². The second kappa shape index (κ2) is 9.56. The lowest BCUT2D eigenvalue weighted by Gasteiger charge is -2.29. The van der Waals surface area contributed by atoms with Gasteiger partial charge in [0.15, 0.2) is 0 Å². The molecule has 2 heterocycles. The van der Waals surface area contributed by atoms with E-state index in [1.807, 2.05) is 60.7 Å². The van der Waals surface area contributed by atoms with Crippen molar-refractivity contribution in [3.63, 3.8) is 0 Å². The summed E-state index contributed by atoms with van der Waals surface area (Å²) < 4.78 is 57.0. The molecule has 0 fully saturated rings. The van der Waals surface area contributed by atoms with E-state index in [0.717, 1.165) is 50.4 Å². The van der Waals surface area contributed by atoms with Gasteiger partial charge in [-0.3, -0.25) is 4.98 Å². The molecule has 0 aliphatic heterocycles. The van der Waals surface area contributed by atoms with Gasteiger partial charge in [0.1, 0.15) is 11.2 Å². The lowest BCUT2D eigenvalue weighted by Crippen LogP contribution is -2.45. The largest absolute Gasteiger partial charge is 0.455 e. The van der Waals surface area contributed by atoms with E-state index in [9.17, 15) is 0 Å². The minimum absolute atomic E-state index is 0.0206. The SMILES string of the molecule is [2H]C([2H])([2H])c1cnc(-c2cccc3c2oc2c4ccccc4ccc32)cc1-c1ccc([Si](CC)(CC)CC)cc1C([2H])([2H])[2H]. The lowest BCUT2D eigenvalue weighted by molar-refractivity contribution is 0.673. The molecule has 2 nitrogen and oxygen atoms in total. The number of fused-ring (bicyclic) bond motifs is 5. The Kier molecular flexibility index (Phi) is 4.66. The van der Waals surface area contributed by atoms with Gasteiger partial charge in [0.05, 0.1) is 13.8 Å². The van der Waals surface area contributed by atoms with Crippen LogP contribution in [0.15, 0.2) is 89.5 Å². The second-order valence-corrected chi connectivity index (χ2v) is 15.4. The van der Waals surface area contributed by atoms with Gasteiger partial charge in [-0.05, 0) is 59.5 Å². The Morgan fingerprint density at radius 3 is 2.24 bits per heavy atom. The first-order valence-corrected chi connectivity index (χ1v) is 16.0. The molecule has 190 valence electrons. The van der Waals surface area contributed by atoms with Gasteiger partial charge >= 0.3 is 0 Å². The number of aryl methyl sites for hydroxylation is 2. The summed E-state index contributed by atoms with van der Waals surface area (Å²) in [6, 6.07) is 28.5. The van der Waals surface area contributed by atoms with Crippen molar-refractivity contribution in [2.24, 2.45) is 0 Å². The summed E-state index contributed by atoms with van der Waals surface area (Å²) in [4.78, 5) is 4.62. The van der Waals surface area contributed by atoms with E-state index in [4.69, 9.17) is 12.6 Å². The molecule has 3 heteroatoms. The van der Waals surface area contributed by atoms with Crippen LogP contribution in [0.25, 0.3) is 55.1 Å². The highest BCUT2D eigenvalue weighted by atomic mass is 28.3. The van der Waals surface area contributed by atoms with Crippen molar-refractivity contribution < 1.29 is 12.6 Å². The van der Waals surface area contributed by atoms with Crippen molar-refractivity contribution in [2.45, 2.75) is 52.6 Å². The molecule has 0 saturated carbocycles. The normalized spacial score (nSPS) is 15.1. The van der Waals surface area contributed by atoms with E-state index in [0.29, 0.717) is 28.0 Å². The van der Waals surface area contributed by atoms with E-state index < -0.39 is 21.8 Å². The molecule has 0 amide bonds. The van der Waals surface area contributed by atoms with Crippen LogP contribution in [0.3, 0.4) is 0 Å². The third-order valence-electron chi connectivity index (χ3n) is 8.52.